The number of hydrogen-bond donors (Lipinski definition) is 2. The van der Waals surface area contributed by atoms with E-state index < -0.39 is 0 Å². The van der Waals surface area contributed by atoms with Crippen molar-refractivity contribution in [2.75, 3.05) is 10.6 Å². The highest BCUT2D eigenvalue weighted by molar-refractivity contribution is 7.09. The zero-order valence-electron chi connectivity index (χ0n) is 18.6. The number of pyridine rings is 1. The van der Waals surface area contributed by atoms with E-state index in [0.29, 0.717) is 29.9 Å². The molecule has 2 heterocycles. The van der Waals surface area contributed by atoms with Crippen molar-refractivity contribution in [3.8, 4) is 0 Å². The standard InChI is InChI=1S/C27H25N3O3S/c31-25(10-4-8-24-9-5-17-34-24)28-23-7-3-6-21(18-23)27(33)29-22-14-12-20(13-15-22)19-30-16-2-1-11-26(30)32/h1-3,5-7,9,11-18H,4,8,10,19H2,(H,28,31)(H,29,33). The smallest absolute Gasteiger partial charge is 0.255 e. The first-order chi connectivity index (χ1) is 16.6. The minimum atomic E-state index is -0.263. The summed E-state index contributed by atoms with van der Waals surface area (Å²) in [6.45, 7) is 0.461. The van der Waals surface area contributed by atoms with Crippen molar-refractivity contribution in [2.45, 2.75) is 25.8 Å². The number of carbonyl (C=O) groups excluding carboxylic acids is 2. The maximum absolute atomic E-state index is 12.7. The average Bonchev–Trinajstić information content (AvgIpc) is 3.35. The van der Waals surface area contributed by atoms with E-state index in [2.05, 4.69) is 16.7 Å². The maximum Gasteiger partial charge on any atom is 0.255 e. The molecule has 34 heavy (non-hydrogen) atoms. The molecule has 2 aromatic heterocycles. The number of benzene rings is 2. The highest BCUT2D eigenvalue weighted by Crippen LogP contribution is 2.16. The van der Waals surface area contributed by atoms with Gasteiger partial charge in [-0.2, -0.15) is 0 Å². The lowest BCUT2D eigenvalue weighted by Gasteiger charge is -2.10. The number of aryl methyl sites for hydroxylation is 1. The van der Waals surface area contributed by atoms with Crippen LogP contribution in [-0.4, -0.2) is 16.4 Å². The molecule has 4 rings (SSSR count). The number of hydrogen-bond acceptors (Lipinski definition) is 4. The van der Waals surface area contributed by atoms with E-state index in [1.54, 1.807) is 64.6 Å². The van der Waals surface area contributed by atoms with Gasteiger partial charge in [-0.3, -0.25) is 14.4 Å². The van der Waals surface area contributed by atoms with E-state index in [9.17, 15) is 14.4 Å². The summed E-state index contributed by atoms with van der Waals surface area (Å²) in [4.78, 5) is 38.1. The highest BCUT2D eigenvalue weighted by Gasteiger charge is 2.09. The lowest BCUT2D eigenvalue weighted by molar-refractivity contribution is -0.116. The third kappa shape index (κ3) is 6.52. The first kappa shape index (κ1) is 23.2. The monoisotopic (exact) mass is 471 g/mol. The quantitative estimate of drug-likeness (QED) is 0.353. The van der Waals surface area contributed by atoms with Gasteiger partial charge in [0.25, 0.3) is 11.5 Å². The highest BCUT2D eigenvalue weighted by atomic mass is 32.1. The van der Waals surface area contributed by atoms with Gasteiger partial charge in [0.2, 0.25) is 5.91 Å². The molecule has 4 aromatic rings. The summed E-state index contributed by atoms with van der Waals surface area (Å²) in [5.74, 6) is -0.331. The second kappa shape index (κ2) is 11.2. The zero-order valence-corrected chi connectivity index (χ0v) is 19.4. The van der Waals surface area contributed by atoms with E-state index >= 15 is 0 Å². The van der Waals surface area contributed by atoms with Crippen molar-refractivity contribution in [3.05, 3.63) is 117 Å². The molecule has 0 unspecified atom stereocenters. The fraction of sp³-hybridized carbons (Fsp3) is 0.148. The van der Waals surface area contributed by atoms with E-state index in [1.807, 2.05) is 29.6 Å². The van der Waals surface area contributed by atoms with Crippen LogP contribution >= 0.6 is 11.3 Å². The molecule has 6 nitrogen and oxygen atoms in total. The molecule has 0 atom stereocenters. The van der Waals surface area contributed by atoms with Crippen LogP contribution in [0, 0.1) is 0 Å². The molecule has 7 heteroatoms. The molecule has 0 saturated heterocycles. The first-order valence-electron chi connectivity index (χ1n) is 11.0. The second-order valence-electron chi connectivity index (χ2n) is 7.88. The van der Waals surface area contributed by atoms with Gasteiger partial charge >= 0.3 is 0 Å². The van der Waals surface area contributed by atoms with Gasteiger partial charge in [-0.05, 0) is 66.2 Å². The summed E-state index contributed by atoms with van der Waals surface area (Å²) in [6, 6.07) is 23.4. The molecule has 172 valence electrons. The molecule has 2 N–H and O–H groups in total. The molecule has 0 fully saturated rings. The molecular formula is C27H25N3O3S. The largest absolute Gasteiger partial charge is 0.326 e. The number of carbonyl (C=O) groups is 2. The fourth-order valence-electron chi connectivity index (χ4n) is 3.52. The Morgan fingerprint density at radius 2 is 1.71 bits per heavy atom. The van der Waals surface area contributed by atoms with Crippen LogP contribution in [0.5, 0.6) is 0 Å². The molecule has 0 aliphatic carbocycles. The Labute approximate surface area is 201 Å². The van der Waals surface area contributed by atoms with Gasteiger partial charge in [-0.25, -0.2) is 0 Å². The Balaban J connectivity index is 1.30. The number of nitrogens with one attached hydrogen (secondary N) is 2. The van der Waals surface area contributed by atoms with Crippen LogP contribution in [0.3, 0.4) is 0 Å². The summed E-state index contributed by atoms with van der Waals surface area (Å²) in [6.07, 6.45) is 3.83. The van der Waals surface area contributed by atoms with Crippen LogP contribution in [-0.2, 0) is 17.8 Å². The summed E-state index contributed by atoms with van der Waals surface area (Å²) in [5.41, 5.74) is 2.59. The number of nitrogens with zero attached hydrogens (tertiary/aromatic N) is 1. The topological polar surface area (TPSA) is 80.2 Å². The molecule has 0 spiro atoms. The minimum absolute atomic E-state index is 0.0608. The van der Waals surface area contributed by atoms with Crippen molar-refractivity contribution in [1.29, 1.82) is 0 Å². The zero-order chi connectivity index (χ0) is 23.8. The summed E-state index contributed by atoms with van der Waals surface area (Å²) in [5, 5.41) is 7.78. The third-order valence-electron chi connectivity index (χ3n) is 5.28. The van der Waals surface area contributed by atoms with Crippen LogP contribution in [0.25, 0.3) is 0 Å². The average molecular weight is 472 g/mol. The number of rotatable bonds is 9. The number of aromatic nitrogens is 1. The van der Waals surface area contributed by atoms with Gasteiger partial charge in [0.05, 0.1) is 6.54 Å². The summed E-state index contributed by atoms with van der Waals surface area (Å²) in [7, 11) is 0. The van der Waals surface area contributed by atoms with Crippen molar-refractivity contribution < 1.29 is 9.59 Å². The molecular weight excluding hydrogens is 446 g/mol. The van der Waals surface area contributed by atoms with Crippen molar-refractivity contribution >= 4 is 34.5 Å². The van der Waals surface area contributed by atoms with Crippen LogP contribution in [0.1, 0.15) is 33.6 Å². The van der Waals surface area contributed by atoms with Gasteiger partial charge in [-0.1, -0.05) is 30.3 Å². The Hall–Kier alpha value is -3.97. The summed E-state index contributed by atoms with van der Waals surface area (Å²) >= 11 is 1.70. The predicted molar refractivity (Wildman–Crippen MR) is 137 cm³/mol. The number of anilines is 2. The van der Waals surface area contributed by atoms with E-state index in [0.717, 1.165) is 18.4 Å². The van der Waals surface area contributed by atoms with Gasteiger partial charge < -0.3 is 15.2 Å². The molecule has 0 radical (unpaired) electrons. The number of amides is 2. The van der Waals surface area contributed by atoms with Crippen molar-refractivity contribution in [2.24, 2.45) is 0 Å². The fourth-order valence-corrected chi connectivity index (χ4v) is 4.28. The summed E-state index contributed by atoms with van der Waals surface area (Å²) < 4.78 is 1.62. The normalized spacial score (nSPS) is 10.6. The van der Waals surface area contributed by atoms with E-state index in [-0.39, 0.29) is 17.4 Å². The molecule has 0 bridgehead atoms. The lowest BCUT2D eigenvalue weighted by Crippen LogP contribution is -2.18. The predicted octanol–water partition coefficient (Wildman–Crippen LogP) is 5.17. The van der Waals surface area contributed by atoms with Crippen molar-refractivity contribution in [1.82, 2.24) is 4.57 Å². The third-order valence-corrected chi connectivity index (χ3v) is 6.22. The van der Waals surface area contributed by atoms with Crippen LogP contribution in [0.2, 0.25) is 0 Å². The van der Waals surface area contributed by atoms with Crippen LogP contribution in [0.4, 0.5) is 11.4 Å². The SMILES string of the molecule is O=C(CCCc1cccs1)Nc1cccc(C(=O)Nc2ccc(Cn3ccccc3=O)cc2)c1. The van der Waals surface area contributed by atoms with E-state index in [1.165, 1.54) is 10.9 Å². The first-order valence-corrected chi connectivity index (χ1v) is 11.9. The Kier molecular flexibility index (Phi) is 7.67. The second-order valence-corrected chi connectivity index (χ2v) is 8.91. The molecule has 2 amide bonds. The lowest BCUT2D eigenvalue weighted by atomic mass is 10.1. The van der Waals surface area contributed by atoms with Gasteiger partial charge in [0.1, 0.15) is 0 Å². The molecule has 0 saturated carbocycles. The Morgan fingerprint density at radius 3 is 2.47 bits per heavy atom. The minimum Gasteiger partial charge on any atom is -0.326 e. The molecule has 0 aliphatic rings. The Morgan fingerprint density at radius 1 is 0.853 bits per heavy atom. The molecule has 2 aromatic carbocycles. The van der Waals surface area contributed by atoms with E-state index in [4.69, 9.17) is 0 Å². The maximum atomic E-state index is 12.7. The van der Waals surface area contributed by atoms with Crippen LogP contribution < -0.4 is 16.2 Å². The van der Waals surface area contributed by atoms with Crippen molar-refractivity contribution in [3.63, 3.8) is 0 Å². The molecule has 0 aliphatic heterocycles. The van der Waals surface area contributed by atoms with Gasteiger partial charge in [0.15, 0.2) is 0 Å². The van der Waals surface area contributed by atoms with Gasteiger partial charge in [-0.15, -0.1) is 11.3 Å². The van der Waals surface area contributed by atoms with Crippen LogP contribution in [0.15, 0.2) is 95.2 Å². The number of thiophene rings is 1. The van der Waals surface area contributed by atoms with Gasteiger partial charge in [0, 0.05) is 40.5 Å². The Bertz CT molecular complexity index is 1310.